The molecule has 0 unspecified atom stereocenters. The van der Waals surface area contributed by atoms with Crippen LogP contribution in [0, 0.1) is 5.41 Å². The number of rotatable bonds is 5. The minimum absolute atomic E-state index is 0.112. The molecule has 0 rings (SSSR count). The Morgan fingerprint density at radius 1 is 1.33 bits per heavy atom. The lowest BCUT2D eigenvalue weighted by Gasteiger charge is -2.19. The number of hydrogen-bond donors (Lipinski definition) is 2. The summed E-state index contributed by atoms with van der Waals surface area (Å²) in [6.45, 7) is 7.73. The van der Waals surface area contributed by atoms with Gasteiger partial charge in [0, 0.05) is 6.42 Å². The third-order valence-corrected chi connectivity index (χ3v) is 1.90. The van der Waals surface area contributed by atoms with Crippen molar-refractivity contribution in [1.29, 1.82) is 0 Å². The molecular weight excluding hydrogens is 194 g/mol. The second-order valence-corrected chi connectivity index (χ2v) is 4.98. The van der Waals surface area contributed by atoms with Crippen molar-refractivity contribution in [3.8, 4) is 0 Å². The molecule has 0 aromatic carbocycles. The van der Waals surface area contributed by atoms with E-state index in [1.54, 1.807) is 0 Å². The van der Waals surface area contributed by atoms with E-state index in [9.17, 15) is 9.59 Å². The van der Waals surface area contributed by atoms with Gasteiger partial charge in [0.05, 0.1) is 0 Å². The lowest BCUT2D eigenvalue weighted by Crippen LogP contribution is -2.41. The minimum atomic E-state index is -0.959. The van der Waals surface area contributed by atoms with E-state index in [2.05, 4.69) is 5.32 Å². The van der Waals surface area contributed by atoms with Crippen molar-refractivity contribution in [2.45, 2.75) is 53.0 Å². The molecule has 4 heteroatoms. The predicted octanol–water partition coefficient (Wildman–Crippen LogP) is 1.79. The molecule has 0 aliphatic carbocycles. The van der Waals surface area contributed by atoms with E-state index in [1.807, 2.05) is 27.7 Å². The first-order valence-corrected chi connectivity index (χ1v) is 5.28. The van der Waals surface area contributed by atoms with Crippen molar-refractivity contribution in [1.82, 2.24) is 5.32 Å². The van der Waals surface area contributed by atoms with Gasteiger partial charge >= 0.3 is 5.97 Å². The highest BCUT2D eigenvalue weighted by Crippen LogP contribution is 2.18. The summed E-state index contributed by atoms with van der Waals surface area (Å²) in [6.07, 6.45) is 1.57. The van der Waals surface area contributed by atoms with E-state index in [0.717, 1.165) is 6.42 Å². The summed E-state index contributed by atoms with van der Waals surface area (Å²) in [5, 5.41) is 11.4. The van der Waals surface area contributed by atoms with Gasteiger partial charge in [-0.05, 0) is 11.8 Å². The van der Waals surface area contributed by atoms with Crippen LogP contribution >= 0.6 is 0 Å². The number of carboxylic acid groups (broad SMARTS) is 1. The van der Waals surface area contributed by atoms with Crippen LogP contribution in [-0.2, 0) is 9.59 Å². The van der Waals surface area contributed by atoms with Gasteiger partial charge in [-0.15, -0.1) is 0 Å². The van der Waals surface area contributed by atoms with Gasteiger partial charge in [0.2, 0.25) is 5.91 Å². The van der Waals surface area contributed by atoms with Crippen molar-refractivity contribution in [2.24, 2.45) is 5.41 Å². The molecule has 0 saturated carbocycles. The van der Waals surface area contributed by atoms with E-state index in [-0.39, 0.29) is 11.3 Å². The smallest absolute Gasteiger partial charge is 0.326 e. The van der Waals surface area contributed by atoms with Crippen LogP contribution in [0.3, 0.4) is 0 Å². The molecule has 1 atom stereocenters. The molecule has 0 aromatic heterocycles. The molecule has 4 nitrogen and oxygen atoms in total. The van der Waals surface area contributed by atoms with Crippen LogP contribution in [-0.4, -0.2) is 23.0 Å². The zero-order chi connectivity index (χ0) is 12.1. The second-order valence-electron chi connectivity index (χ2n) is 4.98. The van der Waals surface area contributed by atoms with Crippen LogP contribution in [0.2, 0.25) is 0 Å². The Kier molecular flexibility index (Phi) is 5.33. The first-order valence-electron chi connectivity index (χ1n) is 5.28. The summed E-state index contributed by atoms with van der Waals surface area (Å²) in [5.74, 6) is -1.15. The van der Waals surface area contributed by atoms with Crippen LogP contribution < -0.4 is 5.32 Å². The highest BCUT2D eigenvalue weighted by atomic mass is 16.4. The first-order chi connectivity index (χ1) is 6.76. The highest BCUT2D eigenvalue weighted by molar-refractivity contribution is 5.83. The fraction of sp³-hybridized carbons (Fsp3) is 0.818. The quantitative estimate of drug-likeness (QED) is 0.734. The van der Waals surface area contributed by atoms with Gasteiger partial charge in [-0.1, -0.05) is 34.1 Å². The average Bonchev–Trinajstić information content (AvgIpc) is 1.99. The topological polar surface area (TPSA) is 66.4 Å². The molecule has 0 fully saturated rings. The average molecular weight is 215 g/mol. The van der Waals surface area contributed by atoms with Crippen molar-refractivity contribution in [2.75, 3.05) is 0 Å². The fourth-order valence-electron chi connectivity index (χ4n) is 1.27. The zero-order valence-corrected chi connectivity index (χ0v) is 9.96. The molecule has 0 aliphatic rings. The maximum absolute atomic E-state index is 11.5. The Labute approximate surface area is 91.1 Å². The van der Waals surface area contributed by atoms with Gasteiger partial charge in [-0.25, -0.2) is 4.79 Å². The summed E-state index contributed by atoms with van der Waals surface area (Å²) in [4.78, 5) is 22.2. The molecule has 0 spiro atoms. The number of carbonyl (C=O) groups is 2. The standard InChI is InChI=1S/C11H21NO3/c1-5-6-8(10(14)15)12-9(13)7-11(2,3)4/h8H,5-7H2,1-4H3,(H,12,13)(H,14,15)/t8-/m1/s1. The van der Waals surface area contributed by atoms with Crippen LogP contribution in [0.4, 0.5) is 0 Å². The van der Waals surface area contributed by atoms with Gasteiger partial charge in [0.15, 0.2) is 0 Å². The van der Waals surface area contributed by atoms with E-state index in [4.69, 9.17) is 5.11 Å². The number of carboxylic acids is 1. The third-order valence-electron chi connectivity index (χ3n) is 1.90. The molecule has 0 aromatic rings. The van der Waals surface area contributed by atoms with Gasteiger partial charge in [-0.2, -0.15) is 0 Å². The Morgan fingerprint density at radius 2 is 1.87 bits per heavy atom. The molecule has 1 amide bonds. The summed E-state index contributed by atoms with van der Waals surface area (Å²) < 4.78 is 0. The largest absolute Gasteiger partial charge is 0.480 e. The Hall–Kier alpha value is -1.06. The molecule has 88 valence electrons. The molecule has 15 heavy (non-hydrogen) atoms. The SMILES string of the molecule is CCC[C@@H](NC(=O)CC(C)(C)C)C(=O)O. The van der Waals surface area contributed by atoms with E-state index >= 15 is 0 Å². The van der Waals surface area contributed by atoms with Crippen molar-refractivity contribution < 1.29 is 14.7 Å². The number of nitrogens with one attached hydrogen (secondary N) is 1. The summed E-state index contributed by atoms with van der Waals surface area (Å²) >= 11 is 0. The van der Waals surface area contributed by atoms with E-state index in [1.165, 1.54) is 0 Å². The Bertz CT molecular complexity index is 230. The highest BCUT2D eigenvalue weighted by Gasteiger charge is 2.22. The van der Waals surface area contributed by atoms with Crippen LogP contribution in [0.15, 0.2) is 0 Å². The maximum Gasteiger partial charge on any atom is 0.326 e. The minimum Gasteiger partial charge on any atom is -0.480 e. The normalized spacial score (nSPS) is 13.3. The molecule has 0 heterocycles. The van der Waals surface area contributed by atoms with Gasteiger partial charge < -0.3 is 10.4 Å². The van der Waals surface area contributed by atoms with Crippen LogP contribution in [0.5, 0.6) is 0 Å². The lowest BCUT2D eigenvalue weighted by molar-refractivity contribution is -0.142. The molecule has 0 saturated heterocycles. The number of aliphatic carboxylic acids is 1. The molecule has 0 aliphatic heterocycles. The molecule has 0 bridgehead atoms. The predicted molar refractivity (Wildman–Crippen MR) is 58.5 cm³/mol. The number of hydrogen-bond acceptors (Lipinski definition) is 2. The number of amides is 1. The summed E-state index contributed by atoms with van der Waals surface area (Å²) in [5.41, 5.74) is -0.112. The monoisotopic (exact) mass is 215 g/mol. The zero-order valence-electron chi connectivity index (χ0n) is 9.96. The molecule has 2 N–H and O–H groups in total. The van der Waals surface area contributed by atoms with Gasteiger partial charge in [0.1, 0.15) is 6.04 Å². The lowest BCUT2D eigenvalue weighted by atomic mass is 9.92. The van der Waals surface area contributed by atoms with Gasteiger partial charge in [0.25, 0.3) is 0 Å². The van der Waals surface area contributed by atoms with E-state index < -0.39 is 12.0 Å². The van der Waals surface area contributed by atoms with Crippen LogP contribution in [0.25, 0.3) is 0 Å². The Balaban J connectivity index is 4.18. The third kappa shape index (κ3) is 6.94. The first kappa shape index (κ1) is 13.9. The maximum atomic E-state index is 11.5. The summed E-state index contributed by atoms with van der Waals surface area (Å²) in [7, 11) is 0. The Morgan fingerprint density at radius 3 is 2.20 bits per heavy atom. The van der Waals surface area contributed by atoms with Crippen molar-refractivity contribution in [3.05, 3.63) is 0 Å². The van der Waals surface area contributed by atoms with Crippen molar-refractivity contribution in [3.63, 3.8) is 0 Å². The molecular formula is C11H21NO3. The second kappa shape index (κ2) is 5.73. The molecule has 0 radical (unpaired) electrons. The van der Waals surface area contributed by atoms with Crippen LogP contribution in [0.1, 0.15) is 47.0 Å². The van der Waals surface area contributed by atoms with Gasteiger partial charge in [-0.3, -0.25) is 4.79 Å². The fourth-order valence-corrected chi connectivity index (χ4v) is 1.27. The van der Waals surface area contributed by atoms with Crippen molar-refractivity contribution >= 4 is 11.9 Å². The number of carbonyl (C=O) groups excluding carboxylic acids is 1. The summed E-state index contributed by atoms with van der Waals surface area (Å²) in [6, 6.07) is -0.746. The van der Waals surface area contributed by atoms with E-state index in [0.29, 0.717) is 12.8 Å².